The molecule has 3 rings (SSSR count). The van der Waals surface area contributed by atoms with Crippen LogP contribution in [0.2, 0.25) is 0 Å². The zero-order valence-corrected chi connectivity index (χ0v) is 16.3. The summed E-state index contributed by atoms with van der Waals surface area (Å²) in [5.74, 6) is 0. The number of nitrogens with zero attached hydrogens (tertiary/aromatic N) is 1. The minimum absolute atomic E-state index is 0.132. The van der Waals surface area contributed by atoms with Crippen LogP contribution in [0, 0.1) is 0 Å². The maximum atomic E-state index is 11.7. The summed E-state index contributed by atoms with van der Waals surface area (Å²) in [6.45, 7) is 5.92. The molecule has 0 bridgehead atoms. The van der Waals surface area contributed by atoms with E-state index < -0.39 is 10.0 Å². The Balaban J connectivity index is 1.72. The molecule has 0 aliphatic carbocycles. The van der Waals surface area contributed by atoms with E-state index in [2.05, 4.69) is 45.3 Å². The Morgan fingerprint density at radius 2 is 1.80 bits per heavy atom. The second-order valence-corrected chi connectivity index (χ2v) is 9.41. The molecule has 1 aliphatic heterocycles. The monoisotopic (exact) mass is 380 g/mol. The van der Waals surface area contributed by atoms with Gasteiger partial charge in [-0.05, 0) is 30.5 Å². The number of quaternary nitrogens is 1. The summed E-state index contributed by atoms with van der Waals surface area (Å²) >= 11 is 1.71. The van der Waals surface area contributed by atoms with Gasteiger partial charge in [-0.2, -0.15) is 0 Å². The average Bonchev–Trinajstić information content (AvgIpc) is 3.09. The van der Waals surface area contributed by atoms with E-state index in [9.17, 15) is 8.42 Å². The number of piperazine rings is 1. The van der Waals surface area contributed by atoms with Crippen molar-refractivity contribution in [1.82, 2.24) is 4.72 Å². The van der Waals surface area contributed by atoms with Gasteiger partial charge in [0.1, 0.15) is 6.04 Å². The van der Waals surface area contributed by atoms with Crippen molar-refractivity contribution in [2.24, 2.45) is 0 Å². The quantitative estimate of drug-likeness (QED) is 0.790. The fourth-order valence-corrected chi connectivity index (χ4v) is 5.48. The number of rotatable bonds is 6. The zero-order valence-electron chi connectivity index (χ0n) is 14.7. The van der Waals surface area contributed by atoms with Crippen LogP contribution in [0.3, 0.4) is 0 Å². The number of nitrogens with one attached hydrogen (secondary N) is 2. The van der Waals surface area contributed by atoms with Gasteiger partial charge in [-0.25, -0.2) is 13.1 Å². The van der Waals surface area contributed by atoms with E-state index in [-0.39, 0.29) is 12.1 Å². The van der Waals surface area contributed by atoms with Crippen LogP contribution in [0.25, 0.3) is 0 Å². The number of sulfonamides is 1. The molecular formula is C18H26N3O2S2+. The summed E-state index contributed by atoms with van der Waals surface area (Å²) in [5, 5.41) is 2.06. The predicted octanol–water partition coefficient (Wildman–Crippen LogP) is 1.13. The molecule has 0 saturated carbocycles. The van der Waals surface area contributed by atoms with E-state index in [1.807, 2.05) is 19.1 Å². The van der Waals surface area contributed by atoms with Crippen LogP contribution in [0.15, 0.2) is 47.8 Å². The lowest BCUT2D eigenvalue weighted by Crippen LogP contribution is -3.16. The topological polar surface area (TPSA) is 53.9 Å². The molecule has 0 radical (unpaired) electrons. The van der Waals surface area contributed by atoms with Gasteiger partial charge in [0.05, 0.1) is 43.4 Å². The van der Waals surface area contributed by atoms with Gasteiger partial charge in [0, 0.05) is 5.69 Å². The molecule has 136 valence electrons. The number of thiophene rings is 1. The fraction of sp³-hybridized carbons (Fsp3) is 0.444. The first kappa shape index (κ1) is 18.4. The molecule has 5 nitrogen and oxygen atoms in total. The van der Waals surface area contributed by atoms with Gasteiger partial charge in [0.15, 0.2) is 0 Å². The summed E-state index contributed by atoms with van der Waals surface area (Å²) in [6, 6.07) is 14.6. The highest BCUT2D eigenvalue weighted by Gasteiger charge is 2.34. The Kier molecular flexibility index (Phi) is 5.78. The van der Waals surface area contributed by atoms with Gasteiger partial charge >= 0.3 is 0 Å². The Morgan fingerprint density at radius 1 is 1.12 bits per heavy atom. The molecule has 0 amide bonds. The molecule has 1 aliphatic rings. The summed E-state index contributed by atoms with van der Waals surface area (Å²) in [7, 11) is -3.22. The lowest BCUT2D eigenvalue weighted by Gasteiger charge is -2.39. The first-order valence-electron chi connectivity index (χ1n) is 8.59. The van der Waals surface area contributed by atoms with Crippen LogP contribution in [0.5, 0.6) is 0 Å². The lowest BCUT2D eigenvalue weighted by atomic mass is 10.1. The molecule has 2 aromatic rings. The van der Waals surface area contributed by atoms with Crippen molar-refractivity contribution in [3.8, 4) is 0 Å². The van der Waals surface area contributed by atoms with Gasteiger partial charge in [0.2, 0.25) is 10.0 Å². The number of hydrogen-bond acceptors (Lipinski definition) is 4. The Bertz CT molecular complexity index is 755. The zero-order chi connectivity index (χ0) is 17.9. The minimum Gasteiger partial charge on any atom is -0.360 e. The molecule has 2 atom stereocenters. The van der Waals surface area contributed by atoms with Crippen molar-refractivity contribution < 1.29 is 13.3 Å². The second-order valence-electron chi connectivity index (χ2n) is 6.65. The molecule has 1 aromatic heterocycles. The maximum absolute atomic E-state index is 11.7. The normalized spacial score (nSPS) is 18.9. The summed E-state index contributed by atoms with van der Waals surface area (Å²) in [6.07, 6.45) is 1.23. The molecule has 2 N–H and O–H groups in total. The Hall–Kier alpha value is -1.41. The number of benzene rings is 1. The number of anilines is 1. The second kappa shape index (κ2) is 7.86. The maximum Gasteiger partial charge on any atom is 0.209 e. The standard InChI is InChI=1S/C18H25N3O2S2/c1-15(19-25(2,22)23)18(17-9-6-14-24-17)21-12-10-20(11-13-21)16-7-4-3-5-8-16/h3-9,14-15,18-19H,10-13H2,1-2H3/p+1/t15-,18-/m1/s1. The molecule has 25 heavy (non-hydrogen) atoms. The summed E-state index contributed by atoms with van der Waals surface area (Å²) in [5.41, 5.74) is 1.26. The lowest BCUT2D eigenvalue weighted by molar-refractivity contribution is -0.933. The molecule has 0 spiro atoms. The van der Waals surface area contributed by atoms with Crippen LogP contribution in [0.4, 0.5) is 5.69 Å². The first-order valence-corrected chi connectivity index (χ1v) is 11.4. The van der Waals surface area contributed by atoms with Crippen LogP contribution in [-0.2, 0) is 10.0 Å². The number of hydrogen-bond donors (Lipinski definition) is 2. The predicted molar refractivity (Wildman–Crippen MR) is 104 cm³/mol. The molecule has 1 fully saturated rings. The van der Waals surface area contributed by atoms with E-state index in [0.29, 0.717) is 0 Å². The third kappa shape index (κ3) is 4.82. The van der Waals surface area contributed by atoms with Gasteiger partial charge < -0.3 is 9.80 Å². The largest absolute Gasteiger partial charge is 0.360 e. The van der Waals surface area contributed by atoms with Crippen molar-refractivity contribution in [3.05, 3.63) is 52.7 Å². The van der Waals surface area contributed by atoms with Gasteiger partial charge in [-0.15, -0.1) is 11.3 Å². The van der Waals surface area contributed by atoms with Gasteiger partial charge in [-0.1, -0.05) is 24.3 Å². The van der Waals surface area contributed by atoms with Crippen molar-refractivity contribution in [1.29, 1.82) is 0 Å². The molecule has 1 saturated heterocycles. The van der Waals surface area contributed by atoms with Crippen LogP contribution >= 0.6 is 11.3 Å². The van der Waals surface area contributed by atoms with Crippen molar-refractivity contribution in [3.63, 3.8) is 0 Å². The van der Waals surface area contributed by atoms with Gasteiger partial charge in [0.25, 0.3) is 0 Å². The van der Waals surface area contributed by atoms with Gasteiger partial charge in [-0.3, -0.25) is 0 Å². The molecule has 7 heteroatoms. The molecule has 0 unspecified atom stereocenters. The highest BCUT2D eigenvalue weighted by atomic mass is 32.2. The molecule has 1 aromatic carbocycles. The molecule has 2 heterocycles. The Labute approximate surface area is 154 Å². The van der Waals surface area contributed by atoms with Crippen molar-refractivity contribution >= 4 is 27.0 Å². The van der Waals surface area contributed by atoms with E-state index in [4.69, 9.17) is 0 Å². The van der Waals surface area contributed by atoms with E-state index >= 15 is 0 Å². The Morgan fingerprint density at radius 3 is 2.36 bits per heavy atom. The van der Waals surface area contributed by atoms with E-state index in [0.717, 1.165) is 26.2 Å². The minimum atomic E-state index is -3.22. The van der Waals surface area contributed by atoms with Crippen LogP contribution in [-0.4, -0.2) is 46.9 Å². The number of para-hydroxylation sites is 1. The first-order chi connectivity index (χ1) is 11.9. The SMILES string of the molecule is C[C@@H](NS(C)(=O)=O)[C@H](c1cccs1)[NH+]1CCN(c2ccccc2)CC1. The third-order valence-corrected chi connectivity index (χ3v) is 6.47. The van der Waals surface area contributed by atoms with E-state index in [1.165, 1.54) is 21.7 Å². The third-order valence-electron chi connectivity index (χ3n) is 4.72. The van der Waals surface area contributed by atoms with Crippen molar-refractivity contribution in [2.75, 3.05) is 37.3 Å². The highest BCUT2D eigenvalue weighted by Crippen LogP contribution is 2.21. The van der Waals surface area contributed by atoms with Crippen LogP contribution in [0.1, 0.15) is 17.8 Å². The summed E-state index contributed by atoms with van der Waals surface area (Å²) < 4.78 is 26.2. The van der Waals surface area contributed by atoms with E-state index in [1.54, 1.807) is 11.3 Å². The molecular weight excluding hydrogens is 354 g/mol. The van der Waals surface area contributed by atoms with Crippen LogP contribution < -0.4 is 14.5 Å². The smallest absolute Gasteiger partial charge is 0.209 e. The summed E-state index contributed by atoms with van der Waals surface area (Å²) in [4.78, 5) is 5.09. The van der Waals surface area contributed by atoms with Crippen molar-refractivity contribution in [2.45, 2.75) is 19.0 Å². The average molecular weight is 381 g/mol. The highest BCUT2D eigenvalue weighted by molar-refractivity contribution is 7.88. The fourth-order valence-electron chi connectivity index (χ4n) is 3.68.